The fraction of sp³-hybridized carbons (Fsp3) is 1.00. The van der Waals surface area contributed by atoms with Crippen LogP contribution in [0.2, 0.25) is 13.1 Å². The first kappa shape index (κ1) is 15.7. The van der Waals surface area contributed by atoms with Crippen LogP contribution < -0.4 is 5.73 Å². The second kappa shape index (κ2) is 8.82. The Balaban J connectivity index is 0. The molecule has 0 aliphatic heterocycles. The summed E-state index contributed by atoms with van der Waals surface area (Å²) in [6.07, 6.45) is 0. The molecule has 0 radical (unpaired) electrons. The van der Waals surface area contributed by atoms with Crippen LogP contribution >= 0.6 is 0 Å². The summed E-state index contributed by atoms with van der Waals surface area (Å²) in [7, 11) is 0.347. The number of aliphatic hydroxyl groups is 3. The largest absolute Gasteiger partial charge is 0.466 e. The highest BCUT2D eigenvalue weighted by molar-refractivity contribution is 6.52. The van der Waals surface area contributed by atoms with Crippen molar-refractivity contribution < 1.29 is 19.4 Å². The van der Waals surface area contributed by atoms with Gasteiger partial charge in [-0.2, -0.15) is 0 Å². The third kappa shape index (κ3) is 10.2. The van der Waals surface area contributed by atoms with Crippen LogP contribution in [-0.2, 0) is 4.12 Å². The fourth-order valence-corrected chi connectivity index (χ4v) is 0.150. The van der Waals surface area contributed by atoms with Crippen molar-refractivity contribution in [1.82, 2.24) is 0 Å². The van der Waals surface area contributed by atoms with E-state index in [0.29, 0.717) is 0 Å². The van der Waals surface area contributed by atoms with E-state index in [9.17, 15) is 0 Å². The Hall–Kier alpha value is 0.234. The maximum Gasteiger partial charge on any atom is 0.156 e. The summed E-state index contributed by atoms with van der Waals surface area (Å²) in [5.74, 6) is 0. The molecule has 0 heterocycles. The molecule has 7 heteroatoms. The number of hydrogen-bond donors (Lipinski definition) is 4. The molecule has 0 spiro atoms. The van der Waals surface area contributed by atoms with Crippen LogP contribution in [-0.4, -0.2) is 60.2 Å². The summed E-state index contributed by atoms with van der Waals surface area (Å²) in [4.78, 5) is 0. The molecule has 0 saturated carbocycles. The molecule has 0 aromatic rings. The van der Waals surface area contributed by atoms with Crippen LogP contribution in [0.25, 0.3) is 0 Å². The van der Waals surface area contributed by atoms with E-state index in [0.717, 1.165) is 10.5 Å². The van der Waals surface area contributed by atoms with Gasteiger partial charge in [0.2, 0.25) is 0 Å². The van der Waals surface area contributed by atoms with Gasteiger partial charge in [-0.3, -0.25) is 0 Å². The van der Waals surface area contributed by atoms with E-state index in [1.165, 1.54) is 0 Å². The number of hydrogen-bond acceptors (Lipinski definition) is 5. The van der Waals surface area contributed by atoms with Crippen molar-refractivity contribution in [3.05, 3.63) is 0 Å². The summed E-state index contributed by atoms with van der Waals surface area (Å²) < 4.78 is 5.03. The summed E-state index contributed by atoms with van der Waals surface area (Å²) in [6.45, 7) is 3.14. The van der Waals surface area contributed by atoms with Crippen LogP contribution in [0.1, 0.15) is 0 Å². The molecule has 0 rings (SSSR count). The molecule has 0 aliphatic rings. The van der Waals surface area contributed by atoms with Gasteiger partial charge in [0.25, 0.3) is 0 Å². The molecule has 0 aromatic carbocycles. The summed E-state index contributed by atoms with van der Waals surface area (Å²) in [5.41, 5.74) is 3.94. The normalized spacial score (nSPS) is 11.3. The van der Waals surface area contributed by atoms with Gasteiger partial charge < -0.3 is 25.2 Å². The number of rotatable bonds is 4. The highest BCUT2D eigenvalue weighted by Gasteiger charge is 2.20. The topological polar surface area (TPSA) is 95.9 Å². The van der Waals surface area contributed by atoms with Crippen molar-refractivity contribution in [2.45, 2.75) is 18.6 Å². The average Bonchev–Trinajstić information content (AvgIpc) is 2.17. The Morgan fingerprint density at radius 2 is 1.46 bits per heavy atom. The molecular weight excluding hydrogens is 206 g/mol. The van der Waals surface area contributed by atoms with E-state index < -0.39 is 34.4 Å². The highest BCUT2D eigenvalue weighted by Crippen LogP contribution is 1.93. The predicted molar refractivity (Wildman–Crippen MR) is 58.1 cm³/mol. The van der Waals surface area contributed by atoms with Gasteiger partial charge in [-0.15, -0.1) is 0 Å². The van der Waals surface area contributed by atoms with Crippen LogP contribution in [0, 0.1) is 0 Å². The number of nitrogens with two attached hydrogens (primary N) is 1. The van der Waals surface area contributed by atoms with Gasteiger partial charge in [-0.1, -0.05) is 0 Å². The molecule has 0 amide bonds. The highest BCUT2D eigenvalue weighted by atomic mass is 28.3. The maximum atomic E-state index is 8.34. The van der Waals surface area contributed by atoms with Gasteiger partial charge in [-0.25, -0.2) is 0 Å². The van der Waals surface area contributed by atoms with Crippen molar-refractivity contribution in [2.24, 2.45) is 5.73 Å². The quantitative estimate of drug-likeness (QED) is 0.382. The minimum absolute atomic E-state index is 0.403. The second-order valence-corrected chi connectivity index (χ2v) is 7.10. The SMILES string of the molecule is C[SiH](C)O[SiH3].NC(CO)(CO)CO. The standard InChI is InChI=1S/C4H11NO3.C2H10OSi2/c5-4(1-6,2-7)3-8;1-5(2)3-4/h6-8H,1-3,5H2;5H,1-2,4H3. The number of aliphatic hydroxyl groups excluding tert-OH is 3. The third-order valence-electron chi connectivity index (χ3n) is 1.42. The fourth-order valence-electron chi connectivity index (χ4n) is 0.150. The molecule has 0 bridgehead atoms. The summed E-state index contributed by atoms with van der Waals surface area (Å²) >= 11 is 0. The molecule has 13 heavy (non-hydrogen) atoms. The average molecular weight is 227 g/mol. The van der Waals surface area contributed by atoms with E-state index in [2.05, 4.69) is 13.1 Å². The summed E-state index contributed by atoms with van der Waals surface area (Å²) in [5, 5.41) is 25.0. The molecule has 5 nitrogen and oxygen atoms in total. The molecule has 82 valence electrons. The second-order valence-electron chi connectivity index (χ2n) is 3.12. The molecule has 0 fully saturated rings. The lowest BCUT2D eigenvalue weighted by atomic mass is 10.1. The monoisotopic (exact) mass is 227 g/mol. The Morgan fingerprint density at radius 1 is 1.23 bits per heavy atom. The predicted octanol–water partition coefficient (Wildman–Crippen LogP) is -3.07. The summed E-state index contributed by atoms with van der Waals surface area (Å²) in [6, 6.07) is 0. The molecule has 0 aromatic heterocycles. The van der Waals surface area contributed by atoms with Crippen molar-refractivity contribution in [1.29, 1.82) is 0 Å². The Labute approximate surface area is 83.8 Å². The molecule has 5 N–H and O–H groups in total. The first-order valence-corrected chi connectivity index (χ1v) is 7.69. The lowest BCUT2D eigenvalue weighted by Gasteiger charge is -2.20. The minimum atomic E-state index is -1.21. The van der Waals surface area contributed by atoms with E-state index in [4.69, 9.17) is 25.2 Å². The van der Waals surface area contributed by atoms with Crippen LogP contribution in [0.4, 0.5) is 0 Å². The van der Waals surface area contributed by atoms with E-state index in [1.807, 2.05) is 0 Å². The molecule has 0 saturated heterocycles. The van der Waals surface area contributed by atoms with E-state index in [-0.39, 0.29) is 0 Å². The van der Waals surface area contributed by atoms with Crippen LogP contribution in [0.3, 0.4) is 0 Å². The van der Waals surface area contributed by atoms with Crippen LogP contribution in [0.5, 0.6) is 0 Å². The Kier molecular flexibility index (Phi) is 10.6. The zero-order valence-corrected chi connectivity index (χ0v) is 11.7. The molecule has 0 unspecified atom stereocenters. The zero-order chi connectivity index (χ0) is 10.9. The molecule has 0 atom stereocenters. The minimum Gasteiger partial charge on any atom is -0.466 e. The van der Waals surface area contributed by atoms with E-state index in [1.54, 1.807) is 0 Å². The molecular formula is C6H21NO4Si2. The first-order valence-electron chi connectivity index (χ1n) is 4.10. The maximum absolute atomic E-state index is 8.34. The third-order valence-corrected chi connectivity index (χ3v) is 5.19. The smallest absolute Gasteiger partial charge is 0.156 e. The van der Waals surface area contributed by atoms with Gasteiger partial charge >= 0.3 is 0 Å². The van der Waals surface area contributed by atoms with Gasteiger partial charge in [0.15, 0.2) is 9.04 Å². The van der Waals surface area contributed by atoms with Gasteiger partial charge in [0.1, 0.15) is 10.5 Å². The lowest BCUT2D eigenvalue weighted by Crippen LogP contribution is -2.50. The Bertz CT molecular complexity index is 103. The van der Waals surface area contributed by atoms with E-state index >= 15 is 0 Å². The van der Waals surface area contributed by atoms with Crippen molar-refractivity contribution in [3.63, 3.8) is 0 Å². The van der Waals surface area contributed by atoms with Gasteiger partial charge in [0, 0.05) is 0 Å². The van der Waals surface area contributed by atoms with Gasteiger partial charge in [0.05, 0.1) is 25.4 Å². The van der Waals surface area contributed by atoms with Gasteiger partial charge in [-0.05, 0) is 13.1 Å². The zero-order valence-electron chi connectivity index (χ0n) is 8.53. The van der Waals surface area contributed by atoms with Crippen molar-refractivity contribution in [2.75, 3.05) is 19.8 Å². The Morgan fingerprint density at radius 3 is 1.46 bits per heavy atom. The first-order chi connectivity index (χ1) is 5.95. The van der Waals surface area contributed by atoms with Crippen molar-refractivity contribution in [3.8, 4) is 0 Å². The van der Waals surface area contributed by atoms with Crippen LogP contribution in [0.15, 0.2) is 0 Å². The lowest BCUT2D eigenvalue weighted by molar-refractivity contribution is 0.0698. The van der Waals surface area contributed by atoms with Crippen molar-refractivity contribution >= 4 is 19.5 Å². The molecule has 0 aliphatic carbocycles.